The zero-order valence-electron chi connectivity index (χ0n) is 21.0. The molecule has 7 nitrogen and oxygen atoms in total. The monoisotopic (exact) mass is 511 g/mol. The van der Waals surface area contributed by atoms with E-state index < -0.39 is 29.6 Å². The number of likely N-dealkylation sites (tertiary alicyclic amines) is 1. The summed E-state index contributed by atoms with van der Waals surface area (Å²) < 4.78 is 6.36. The summed E-state index contributed by atoms with van der Waals surface area (Å²) in [4.78, 5) is 42.5. The molecule has 3 fully saturated rings. The Bertz CT molecular complexity index is 1140. The van der Waals surface area contributed by atoms with Crippen molar-refractivity contribution in [1.82, 2.24) is 10.2 Å². The maximum atomic E-state index is 13.8. The molecule has 2 N–H and O–H groups in total. The van der Waals surface area contributed by atoms with Crippen LogP contribution in [0.5, 0.6) is 0 Å². The fourth-order valence-electron chi connectivity index (χ4n) is 6.55. The van der Waals surface area contributed by atoms with Gasteiger partial charge in [-0.05, 0) is 42.9 Å². The fraction of sp³-hybridized carbons (Fsp3) is 0.536. The number of hydrogen-bond donors (Lipinski definition) is 2. The number of hydrogen-bond acceptors (Lipinski definition) is 4. The van der Waals surface area contributed by atoms with Gasteiger partial charge in [0.15, 0.2) is 0 Å². The number of amides is 3. The van der Waals surface area contributed by atoms with Gasteiger partial charge in [0.1, 0.15) is 11.6 Å². The summed E-state index contributed by atoms with van der Waals surface area (Å²) in [6.45, 7) is 10.3. The van der Waals surface area contributed by atoms with Gasteiger partial charge in [-0.2, -0.15) is 0 Å². The Hall–Kier alpha value is -2.64. The molecule has 1 aromatic rings. The molecule has 3 aliphatic heterocycles. The van der Waals surface area contributed by atoms with Gasteiger partial charge in [0.05, 0.1) is 17.9 Å². The van der Waals surface area contributed by atoms with Gasteiger partial charge in [-0.25, -0.2) is 0 Å². The summed E-state index contributed by atoms with van der Waals surface area (Å²) in [5.41, 5.74) is 0.284. The molecule has 8 heteroatoms. The highest BCUT2D eigenvalue weighted by Crippen LogP contribution is 2.55. The van der Waals surface area contributed by atoms with Crippen molar-refractivity contribution in [2.75, 3.05) is 11.9 Å². The first kappa shape index (κ1) is 25.0. The van der Waals surface area contributed by atoms with Crippen LogP contribution in [0.3, 0.4) is 0 Å². The molecule has 3 amide bonds. The highest BCUT2D eigenvalue weighted by atomic mass is 35.5. The van der Waals surface area contributed by atoms with E-state index in [1.807, 2.05) is 25.1 Å². The summed E-state index contributed by atoms with van der Waals surface area (Å²) >= 11 is 6.24. The lowest BCUT2D eigenvalue weighted by molar-refractivity contribution is -0.141. The standard InChI is InChI=1S/C28H34ClN3O4/c1-5-13-32-24(26(34)31-20-8-6-7-15(2)17(20)4)28-12-11-21(36-28)22(23(28)27(32)35)25(33)30-18-10-9-16(3)19(29)14-18/h5,9-12,14-15,17,20-24H,1,6-8,13H2,2-4H3,(H,30,33)(H,31,34)/t15?,17?,20?,21-,22?,23-,24?,28?/m0/s1. The molecule has 3 heterocycles. The number of nitrogens with one attached hydrogen (secondary N) is 2. The smallest absolute Gasteiger partial charge is 0.246 e. The number of ether oxygens (including phenoxy) is 1. The van der Waals surface area contributed by atoms with Gasteiger partial charge in [0.25, 0.3) is 0 Å². The van der Waals surface area contributed by atoms with Crippen molar-refractivity contribution < 1.29 is 19.1 Å². The molecule has 36 heavy (non-hydrogen) atoms. The van der Waals surface area contributed by atoms with Gasteiger partial charge >= 0.3 is 0 Å². The van der Waals surface area contributed by atoms with Crippen molar-refractivity contribution >= 4 is 35.0 Å². The Kier molecular flexibility index (Phi) is 6.50. The molecule has 5 rings (SSSR count). The Morgan fingerprint density at radius 1 is 1.28 bits per heavy atom. The molecule has 8 atom stereocenters. The fourth-order valence-corrected chi connectivity index (χ4v) is 6.73. The van der Waals surface area contributed by atoms with E-state index in [2.05, 4.69) is 31.1 Å². The topological polar surface area (TPSA) is 87.7 Å². The minimum absolute atomic E-state index is 0.0466. The summed E-state index contributed by atoms with van der Waals surface area (Å²) in [6.07, 6.45) is 7.82. The van der Waals surface area contributed by atoms with Crippen molar-refractivity contribution in [3.8, 4) is 0 Å². The predicted molar refractivity (Wildman–Crippen MR) is 138 cm³/mol. The molecule has 1 aliphatic carbocycles. The number of aryl methyl sites for hydroxylation is 1. The first-order valence-electron chi connectivity index (χ1n) is 12.8. The number of nitrogens with zero attached hydrogens (tertiary/aromatic N) is 1. The summed E-state index contributed by atoms with van der Waals surface area (Å²) in [5.74, 6) is -1.47. The molecule has 4 aliphatic rings. The number of halogens is 1. The zero-order valence-corrected chi connectivity index (χ0v) is 21.8. The van der Waals surface area contributed by atoms with Crippen molar-refractivity contribution in [3.63, 3.8) is 0 Å². The minimum atomic E-state index is -1.18. The van der Waals surface area contributed by atoms with Crippen LogP contribution in [0.2, 0.25) is 5.02 Å². The van der Waals surface area contributed by atoms with E-state index in [0.29, 0.717) is 22.5 Å². The molecular formula is C28H34ClN3O4. The van der Waals surface area contributed by atoms with Crippen LogP contribution in [0.1, 0.15) is 38.7 Å². The molecule has 1 aromatic carbocycles. The van der Waals surface area contributed by atoms with Crippen molar-refractivity contribution in [2.24, 2.45) is 23.7 Å². The van der Waals surface area contributed by atoms with E-state index in [0.717, 1.165) is 24.8 Å². The maximum Gasteiger partial charge on any atom is 0.246 e. The van der Waals surface area contributed by atoms with Crippen LogP contribution in [-0.4, -0.2) is 53.0 Å². The lowest BCUT2D eigenvalue weighted by Crippen LogP contribution is -2.57. The Morgan fingerprint density at radius 3 is 2.78 bits per heavy atom. The van der Waals surface area contributed by atoms with Crippen molar-refractivity contribution in [2.45, 2.75) is 63.8 Å². The average Bonchev–Trinajstić information content (AvgIpc) is 3.47. The van der Waals surface area contributed by atoms with E-state index in [1.165, 1.54) is 4.90 Å². The highest BCUT2D eigenvalue weighted by Gasteiger charge is 2.72. The molecule has 1 spiro atoms. The molecule has 0 radical (unpaired) electrons. The summed E-state index contributed by atoms with van der Waals surface area (Å²) in [5, 5.41) is 6.69. The van der Waals surface area contributed by atoms with Gasteiger partial charge in [-0.3, -0.25) is 14.4 Å². The van der Waals surface area contributed by atoms with Crippen LogP contribution in [-0.2, 0) is 19.1 Å². The molecular weight excluding hydrogens is 478 g/mol. The van der Waals surface area contributed by atoms with E-state index in [4.69, 9.17) is 16.3 Å². The predicted octanol–water partition coefficient (Wildman–Crippen LogP) is 3.86. The van der Waals surface area contributed by atoms with Crippen LogP contribution >= 0.6 is 11.6 Å². The van der Waals surface area contributed by atoms with E-state index >= 15 is 0 Å². The van der Waals surface area contributed by atoms with E-state index in [1.54, 1.807) is 18.2 Å². The van der Waals surface area contributed by atoms with E-state index in [9.17, 15) is 14.4 Å². The molecule has 2 bridgehead atoms. The quantitative estimate of drug-likeness (QED) is 0.568. The third-order valence-corrected chi connectivity index (χ3v) is 9.13. The van der Waals surface area contributed by atoms with Crippen LogP contribution in [0.4, 0.5) is 5.69 Å². The molecule has 0 aromatic heterocycles. The average molecular weight is 512 g/mol. The highest BCUT2D eigenvalue weighted by molar-refractivity contribution is 6.31. The normalized spacial score (nSPS) is 36.6. The third-order valence-electron chi connectivity index (χ3n) is 8.72. The lowest BCUT2D eigenvalue weighted by atomic mass is 9.73. The van der Waals surface area contributed by atoms with Gasteiger partial charge in [-0.15, -0.1) is 6.58 Å². The minimum Gasteiger partial charge on any atom is -0.359 e. The van der Waals surface area contributed by atoms with Crippen LogP contribution in [0, 0.1) is 30.6 Å². The Morgan fingerprint density at radius 2 is 2.06 bits per heavy atom. The molecule has 1 saturated carbocycles. The summed E-state index contributed by atoms with van der Waals surface area (Å²) in [7, 11) is 0. The number of anilines is 1. The maximum absolute atomic E-state index is 13.8. The second-order valence-corrected chi connectivity index (χ2v) is 11.2. The van der Waals surface area contributed by atoms with Gasteiger partial charge in [0, 0.05) is 23.3 Å². The van der Waals surface area contributed by atoms with Crippen LogP contribution < -0.4 is 10.6 Å². The second kappa shape index (κ2) is 9.34. The Labute approximate surface area is 217 Å². The van der Waals surface area contributed by atoms with Crippen molar-refractivity contribution in [3.05, 3.63) is 53.6 Å². The van der Waals surface area contributed by atoms with Crippen LogP contribution in [0.25, 0.3) is 0 Å². The second-order valence-electron chi connectivity index (χ2n) is 10.8. The number of rotatable bonds is 6. The molecule has 192 valence electrons. The summed E-state index contributed by atoms with van der Waals surface area (Å²) in [6, 6.07) is 4.49. The van der Waals surface area contributed by atoms with Gasteiger partial charge in [-0.1, -0.05) is 62.6 Å². The number of carbonyl (C=O) groups excluding carboxylic acids is 3. The number of benzene rings is 1. The number of carbonyl (C=O) groups is 3. The molecule has 6 unspecified atom stereocenters. The van der Waals surface area contributed by atoms with Crippen LogP contribution in [0.15, 0.2) is 43.0 Å². The molecule has 2 saturated heterocycles. The Balaban J connectivity index is 1.42. The zero-order chi connectivity index (χ0) is 25.8. The SMILES string of the molecule is C=CCN1C(=O)[C@@H]2C(C(=O)Nc3ccc(C)c(Cl)c3)[C@@H]3C=CC2(O3)C1C(=O)NC1CCCC(C)C1C. The number of fused-ring (bicyclic) bond motifs is 1. The van der Waals surface area contributed by atoms with Crippen molar-refractivity contribution in [1.29, 1.82) is 0 Å². The van der Waals surface area contributed by atoms with Gasteiger partial charge in [0.2, 0.25) is 17.7 Å². The first-order valence-corrected chi connectivity index (χ1v) is 13.2. The first-order chi connectivity index (χ1) is 17.2. The van der Waals surface area contributed by atoms with Gasteiger partial charge < -0.3 is 20.3 Å². The largest absolute Gasteiger partial charge is 0.359 e. The van der Waals surface area contributed by atoms with E-state index in [-0.39, 0.29) is 30.3 Å². The lowest BCUT2D eigenvalue weighted by Gasteiger charge is -2.37. The third kappa shape index (κ3) is 3.88.